The standard InChI is InChI=1S/C19H16ClFN4O2/c1-3-4-18(26)25-16-8-12-15(9-17(16)27-2)22-10-23-19(12)24-11-5-6-14(21)13(20)7-11/h3-10H,1-2H3,(H,25,26)(H,22,23,24). The van der Waals surface area contributed by atoms with Gasteiger partial charge in [0.15, 0.2) is 0 Å². The van der Waals surface area contributed by atoms with E-state index in [4.69, 9.17) is 16.3 Å². The molecule has 1 amide bonds. The molecule has 0 bridgehead atoms. The zero-order chi connectivity index (χ0) is 19.4. The number of nitrogens with one attached hydrogen (secondary N) is 2. The van der Waals surface area contributed by atoms with Gasteiger partial charge in [0.25, 0.3) is 0 Å². The van der Waals surface area contributed by atoms with E-state index in [1.807, 2.05) is 0 Å². The number of hydrogen-bond acceptors (Lipinski definition) is 5. The minimum absolute atomic E-state index is 0.000615. The number of anilines is 3. The van der Waals surface area contributed by atoms with Crippen LogP contribution in [0.5, 0.6) is 5.75 Å². The fraction of sp³-hybridized carbons (Fsp3) is 0.105. The average Bonchev–Trinajstić information content (AvgIpc) is 2.65. The lowest BCUT2D eigenvalue weighted by Gasteiger charge is -2.13. The molecular formula is C19H16ClFN4O2. The van der Waals surface area contributed by atoms with Crippen LogP contribution in [0.25, 0.3) is 10.9 Å². The van der Waals surface area contributed by atoms with Crippen molar-refractivity contribution in [2.24, 2.45) is 0 Å². The van der Waals surface area contributed by atoms with E-state index < -0.39 is 5.82 Å². The Morgan fingerprint density at radius 1 is 1.26 bits per heavy atom. The second-order valence-corrected chi connectivity index (χ2v) is 5.94. The van der Waals surface area contributed by atoms with E-state index in [9.17, 15) is 9.18 Å². The number of hydrogen-bond donors (Lipinski definition) is 2. The third-order valence-electron chi connectivity index (χ3n) is 3.71. The van der Waals surface area contributed by atoms with E-state index in [0.29, 0.717) is 33.8 Å². The molecule has 0 saturated carbocycles. The van der Waals surface area contributed by atoms with Gasteiger partial charge in [0.05, 0.1) is 23.3 Å². The molecule has 0 atom stereocenters. The third-order valence-corrected chi connectivity index (χ3v) is 4.00. The van der Waals surface area contributed by atoms with Gasteiger partial charge in [-0.1, -0.05) is 17.7 Å². The summed E-state index contributed by atoms with van der Waals surface area (Å²) in [5.74, 6) is 0.155. The quantitative estimate of drug-likeness (QED) is 0.622. The molecule has 3 aromatic rings. The van der Waals surface area contributed by atoms with Crippen LogP contribution in [0.15, 0.2) is 48.8 Å². The topological polar surface area (TPSA) is 76.1 Å². The van der Waals surface area contributed by atoms with Crippen molar-refractivity contribution in [3.05, 3.63) is 59.7 Å². The van der Waals surface area contributed by atoms with Gasteiger partial charge < -0.3 is 15.4 Å². The number of nitrogens with zero attached hydrogens (tertiary/aromatic N) is 2. The maximum absolute atomic E-state index is 13.4. The summed E-state index contributed by atoms with van der Waals surface area (Å²) in [5.41, 5.74) is 1.65. The number of carbonyl (C=O) groups is 1. The van der Waals surface area contributed by atoms with Crippen LogP contribution in [0.1, 0.15) is 6.92 Å². The third kappa shape index (κ3) is 4.15. The van der Waals surface area contributed by atoms with Crippen LogP contribution >= 0.6 is 11.6 Å². The lowest BCUT2D eigenvalue weighted by Crippen LogP contribution is -2.09. The Kier molecular flexibility index (Phi) is 5.52. The number of fused-ring (bicyclic) bond motifs is 1. The normalized spacial score (nSPS) is 11.0. The average molecular weight is 387 g/mol. The van der Waals surface area contributed by atoms with Gasteiger partial charge in [0.1, 0.15) is 23.7 Å². The van der Waals surface area contributed by atoms with Gasteiger partial charge in [-0.2, -0.15) is 0 Å². The van der Waals surface area contributed by atoms with Crippen molar-refractivity contribution < 1.29 is 13.9 Å². The smallest absolute Gasteiger partial charge is 0.248 e. The highest BCUT2D eigenvalue weighted by Gasteiger charge is 2.12. The second-order valence-electron chi connectivity index (χ2n) is 5.54. The molecular weight excluding hydrogens is 371 g/mol. The van der Waals surface area contributed by atoms with Crippen LogP contribution in [0.4, 0.5) is 21.6 Å². The van der Waals surface area contributed by atoms with Crippen molar-refractivity contribution in [2.75, 3.05) is 17.7 Å². The Balaban J connectivity index is 2.05. The fourth-order valence-electron chi connectivity index (χ4n) is 2.49. The summed E-state index contributed by atoms with van der Waals surface area (Å²) in [6.07, 6.45) is 4.44. The molecule has 0 aliphatic rings. The van der Waals surface area contributed by atoms with E-state index in [1.165, 1.54) is 31.6 Å². The van der Waals surface area contributed by atoms with Crippen LogP contribution in [-0.4, -0.2) is 23.0 Å². The Labute approximate surface area is 160 Å². The van der Waals surface area contributed by atoms with Gasteiger partial charge in [-0.25, -0.2) is 14.4 Å². The number of rotatable bonds is 5. The number of halogens is 2. The minimum atomic E-state index is -0.506. The zero-order valence-electron chi connectivity index (χ0n) is 14.6. The number of methoxy groups -OCH3 is 1. The maximum Gasteiger partial charge on any atom is 0.248 e. The van der Waals surface area contributed by atoms with Crippen molar-refractivity contribution >= 4 is 45.6 Å². The minimum Gasteiger partial charge on any atom is -0.494 e. The lowest BCUT2D eigenvalue weighted by molar-refractivity contribution is -0.111. The van der Waals surface area contributed by atoms with Gasteiger partial charge in [-0.15, -0.1) is 0 Å². The monoisotopic (exact) mass is 386 g/mol. The van der Waals surface area contributed by atoms with Gasteiger partial charge in [0, 0.05) is 17.1 Å². The summed E-state index contributed by atoms with van der Waals surface area (Å²) < 4.78 is 18.7. The van der Waals surface area contributed by atoms with E-state index in [-0.39, 0.29) is 10.9 Å². The summed E-state index contributed by atoms with van der Waals surface area (Å²) in [6, 6.07) is 7.68. The summed E-state index contributed by atoms with van der Waals surface area (Å²) in [6.45, 7) is 1.75. The first-order valence-electron chi connectivity index (χ1n) is 8.00. The molecule has 1 aromatic heterocycles. The van der Waals surface area contributed by atoms with Crippen molar-refractivity contribution in [3.8, 4) is 5.75 Å². The largest absolute Gasteiger partial charge is 0.494 e. The van der Waals surface area contributed by atoms with E-state index >= 15 is 0 Å². The number of benzene rings is 2. The molecule has 0 aliphatic carbocycles. The molecule has 6 nitrogen and oxygen atoms in total. The fourth-order valence-corrected chi connectivity index (χ4v) is 2.67. The first kappa shape index (κ1) is 18.6. The lowest BCUT2D eigenvalue weighted by atomic mass is 10.1. The molecule has 3 rings (SSSR count). The van der Waals surface area contributed by atoms with Gasteiger partial charge in [-0.3, -0.25) is 4.79 Å². The van der Waals surface area contributed by atoms with Crippen molar-refractivity contribution in [1.82, 2.24) is 9.97 Å². The summed E-state index contributed by atoms with van der Waals surface area (Å²) in [7, 11) is 1.51. The number of allylic oxidation sites excluding steroid dienone is 1. The molecule has 0 radical (unpaired) electrons. The van der Waals surface area contributed by atoms with Crippen LogP contribution in [0.3, 0.4) is 0 Å². The van der Waals surface area contributed by atoms with Crippen LogP contribution in [-0.2, 0) is 4.79 Å². The Bertz CT molecular complexity index is 1040. The van der Waals surface area contributed by atoms with Crippen molar-refractivity contribution in [1.29, 1.82) is 0 Å². The van der Waals surface area contributed by atoms with Gasteiger partial charge in [-0.05, 0) is 37.3 Å². The Hall–Kier alpha value is -3.19. The molecule has 138 valence electrons. The Morgan fingerprint density at radius 3 is 2.78 bits per heavy atom. The highest BCUT2D eigenvalue weighted by molar-refractivity contribution is 6.31. The van der Waals surface area contributed by atoms with E-state index in [1.54, 1.807) is 31.2 Å². The highest BCUT2D eigenvalue weighted by atomic mass is 35.5. The molecule has 0 saturated heterocycles. The second kappa shape index (κ2) is 8.01. The summed E-state index contributed by atoms with van der Waals surface area (Å²) in [4.78, 5) is 20.4. The zero-order valence-corrected chi connectivity index (χ0v) is 15.3. The predicted molar refractivity (Wildman–Crippen MR) is 104 cm³/mol. The maximum atomic E-state index is 13.4. The van der Waals surface area contributed by atoms with Crippen LogP contribution < -0.4 is 15.4 Å². The van der Waals surface area contributed by atoms with Crippen molar-refractivity contribution in [2.45, 2.75) is 6.92 Å². The number of carbonyl (C=O) groups excluding carboxylic acids is 1. The molecule has 0 aliphatic heterocycles. The molecule has 2 aromatic carbocycles. The van der Waals surface area contributed by atoms with E-state index in [2.05, 4.69) is 20.6 Å². The first-order chi connectivity index (χ1) is 13.0. The molecule has 1 heterocycles. The van der Waals surface area contributed by atoms with Crippen LogP contribution in [0.2, 0.25) is 5.02 Å². The van der Waals surface area contributed by atoms with E-state index in [0.717, 1.165) is 0 Å². The molecule has 0 unspecified atom stereocenters. The molecule has 0 fully saturated rings. The van der Waals surface area contributed by atoms with Crippen LogP contribution in [0, 0.1) is 5.82 Å². The molecule has 27 heavy (non-hydrogen) atoms. The Morgan fingerprint density at radius 2 is 2.07 bits per heavy atom. The number of aromatic nitrogens is 2. The molecule has 8 heteroatoms. The first-order valence-corrected chi connectivity index (χ1v) is 8.38. The number of ether oxygens (including phenoxy) is 1. The molecule has 0 spiro atoms. The molecule has 2 N–H and O–H groups in total. The van der Waals surface area contributed by atoms with Crippen molar-refractivity contribution in [3.63, 3.8) is 0 Å². The van der Waals surface area contributed by atoms with Gasteiger partial charge >= 0.3 is 0 Å². The highest BCUT2D eigenvalue weighted by Crippen LogP contribution is 2.33. The summed E-state index contributed by atoms with van der Waals surface area (Å²) >= 11 is 5.83. The predicted octanol–water partition coefficient (Wildman–Crippen LogP) is 4.69. The van der Waals surface area contributed by atoms with Gasteiger partial charge in [0.2, 0.25) is 5.91 Å². The number of amides is 1. The summed E-state index contributed by atoms with van der Waals surface area (Å²) in [5, 5.41) is 6.49. The SMILES string of the molecule is CC=CC(=O)Nc1cc2c(Nc3ccc(F)c(Cl)c3)ncnc2cc1OC.